The number of carbonyl (C=O) groups excluding carboxylic acids is 1. The van der Waals surface area contributed by atoms with E-state index in [1.165, 1.54) is 6.20 Å². The molecule has 0 aliphatic carbocycles. The van der Waals surface area contributed by atoms with Crippen LogP contribution in [0.4, 0.5) is 5.82 Å². The first kappa shape index (κ1) is 15.0. The van der Waals surface area contributed by atoms with Crippen molar-refractivity contribution in [1.29, 1.82) is 0 Å². The molecular weight excluding hydrogens is 290 g/mol. The predicted molar refractivity (Wildman–Crippen MR) is 90.2 cm³/mol. The first-order valence-corrected chi connectivity index (χ1v) is 7.30. The summed E-state index contributed by atoms with van der Waals surface area (Å²) in [5.74, 6) is -0.00772. The van der Waals surface area contributed by atoms with E-state index in [0.717, 1.165) is 16.3 Å². The number of hydrogen-bond donors (Lipinski definition) is 3. The Hall–Kier alpha value is -2.92. The van der Waals surface area contributed by atoms with Crippen molar-refractivity contribution >= 4 is 22.5 Å². The van der Waals surface area contributed by atoms with Gasteiger partial charge in [-0.1, -0.05) is 36.4 Å². The van der Waals surface area contributed by atoms with Gasteiger partial charge in [-0.25, -0.2) is 4.98 Å². The van der Waals surface area contributed by atoms with Crippen LogP contribution in [0.3, 0.4) is 0 Å². The summed E-state index contributed by atoms with van der Waals surface area (Å²) in [4.78, 5) is 15.3. The van der Waals surface area contributed by atoms with Crippen molar-refractivity contribution in [2.24, 2.45) is 5.73 Å². The fourth-order valence-electron chi connectivity index (χ4n) is 2.41. The Kier molecular flexibility index (Phi) is 4.21. The molecule has 0 fully saturated rings. The molecule has 0 saturated carbocycles. The SMILES string of the molecule is NC(=O)c1ccnc(NC[C@H](O)c2ccc3ccccc3c2)c1. The van der Waals surface area contributed by atoms with Gasteiger partial charge in [0.25, 0.3) is 0 Å². The molecule has 0 spiro atoms. The summed E-state index contributed by atoms with van der Waals surface area (Å²) in [5.41, 5.74) is 6.44. The van der Waals surface area contributed by atoms with Crippen LogP contribution in [-0.4, -0.2) is 22.5 Å². The number of anilines is 1. The smallest absolute Gasteiger partial charge is 0.248 e. The molecule has 4 N–H and O–H groups in total. The molecule has 1 heterocycles. The van der Waals surface area contributed by atoms with E-state index in [9.17, 15) is 9.90 Å². The van der Waals surface area contributed by atoms with Crippen molar-refractivity contribution in [3.8, 4) is 0 Å². The number of hydrogen-bond acceptors (Lipinski definition) is 4. The van der Waals surface area contributed by atoms with Crippen LogP contribution < -0.4 is 11.1 Å². The molecule has 0 aliphatic heterocycles. The lowest BCUT2D eigenvalue weighted by molar-refractivity contribution is 0.1000. The number of fused-ring (bicyclic) bond motifs is 1. The number of aromatic nitrogens is 1. The Labute approximate surface area is 133 Å². The monoisotopic (exact) mass is 307 g/mol. The molecule has 23 heavy (non-hydrogen) atoms. The topological polar surface area (TPSA) is 88.2 Å². The van der Waals surface area contributed by atoms with E-state index in [2.05, 4.69) is 10.3 Å². The Bertz CT molecular complexity index is 848. The normalized spacial score (nSPS) is 12.0. The lowest BCUT2D eigenvalue weighted by Crippen LogP contribution is -2.15. The lowest BCUT2D eigenvalue weighted by Gasteiger charge is -2.13. The van der Waals surface area contributed by atoms with E-state index >= 15 is 0 Å². The van der Waals surface area contributed by atoms with Crippen LogP contribution in [-0.2, 0) is 0 Å². The van der Waals surface area contributed by atoms with Gasteiger partial charge >= 0.3 is 0 Å². The Morgan fingerprint density at radius 2 is 1.91 bits per heavy atom. The number of rotatable bonds is 5. The van der Waals surface area contributed by atoms with Gasteiger partial charge in [0.05, 0.1) is 6.10 Å². The van der Waals surface area contributed by atoms with Crippen LogP contribution in [0.15, 0.2) is 60.8 Å². The molecule has 5 heteroatoms. The minimum atomic E-state index is -0.682. The second kappa shape index (κ2) is 6.46. The Morgan fingerprint density at radius 3 is 2.70 bits per heavy atom. The molecule has 116 valence electrons. The summed E-state index contributed by atoms with van der Waals surface area (Å²) in [6.45, 7) is 0.285. The van der Waals surface area contributed by atoms with Crippen LogP contribution in [0.1, 0.15) is 22.0 Å². The van der Waals surface area contributed by atoms with Gasteiger partial charge in [0.2, 0.25) is 5.91 Å². The van der Waals surface area contributed by atoms with E-state index in [1.54, 1.807) is 12.1 Å². The molecule has 5 nitrogen and oxygen atoms in total. The minimum absolute atomic E-state index is 0.285. The summed E-state index contributed by atoms with van der Waals surface area (Å²) >= 11 is 0. The van der Waals surface area contributed by atoms with Crippen molar-refractivity contribution < 1.29 is 9.90 Å². The van der Waals surface area contributed by atoms with Crippen molar-refractivity contribution in [3.05, 3.63) is 71.9 Å². The van der Waals surface area contributed by atoms with Gasteiger partial charge in [0.15, 0.2) is 0 Å². The van der Waals surface area contributed by atoms with E-state index in [1.807, 2.05) is 42.5 Å². The maximum Gasteiger partial charge on any atom is 0.248 e. The number of benzene rings is 2. The standard InChI is InChI=1S/C18H17N3O2/c19-18(23)15-7-8-20-17(10-15)21-11-16(22)14-6-5-12-3-1-2-4-13(12)9-14/h1-10,16,22H,11H2,(H2,19,23)(H,20,21)/t16-/m0/s1. The van der Waals surface area contributed by atoms with Gasteiger partial charge in [-0.15, -0.1) is 0 Å². The molecule has 1 amide bonds. The number of nitrogens with two attached hydrogens (primary N) is 1. The summed E-state index contributed by atoms with van der Waals surface area (Å²) in [6, 6.07) is 17.0. The number of pyridine rings is 1. The number of amides is 1. The fourth-order valence-corrected chi connectivity index (χ4v) is 2.41. The summed E-state index contributed by atoms with van der Waals surface area (Å²) in [7, 11) is 0. The number of nitrogens with one attached hydrogen (secondary N) is 1. The molecular formula is C18H17N3O2. The molecule has 3 rings (SSSR count). The number of aliphatic hydroxyl groups excluding tert-OH is 1. The second-order valence-electron chi connectivity index (χ2n) is 5.30. The zero-order chi connectivity index (χ0) is 16.2. The van der Waals surface area contributed by atoms with E-state index in [0.29, 0.717) is 11.4 Å². The predicted octanol–water partition coefficient (Wildman–Crippen LogP) is 2.48. The zero-order valence-corrected chi connectivity index (χ0v) is 12.4. The average molecular weight is 307 g/mol. The van der Waals surface area contributed by atoms with Crippen LogP contribution in [0.5, 0.6) is 0 Å². The molecule has 1 atom stereocenters. The number of aliphatic hydroxyl groups is 1. The van der Waals surface area contributed by atoms with Crippen LogP contribution in [0, 0.1) is 0 Å². The lowest BCUT2D eigenvalue weighted by atomic mass is 10.0. The first-order chi connectivity index (χ1) is 11.1. The summed E-state index contributed by atoms with van der Waals surface area (Å²) in [6.07, 6.45) is 0.823. The minimum Gasteiger partial charge on any atom is -0.387 e. The quantitative estimate of drug-likeness (QED) is 0.675. The van der Waals surface area contributed by atoms with Crippen LogP contribution >= 0.6 is 0 Å². The first-order valence-electron chi connectivity index (χ1n) is 7.30. The molecule has 0 saturated heterocycles. The second-order valence-corrected chi connectivity index (χ2v) is 5.30. The van der Waals surface area contributed by atoms with Crippen LogP contribution in [0.2, 0.25) is 0 Å². The van der Waals surface area contributed by atoms with Crippen molar-refractivity contribution in [1.82, 2.24) is 4.98 Å². The van der Waals surface area contributed by atoms with E-state index < -0.39 is 12.0 Å². The van der Waals surface area contributed by atoms with Gasteiger partial charge < -0.3 is 16.2 Å². The van der Waals surface area contributed by atoms with E-state index in [4.69, 9.17) is 5.73 Å². The average Bonchev–Trinajstić information content (AvgIpc) is 2.59. The molecule has 1 aromatic heterocycles. The summed E-state index contributed by atoms with van der Waals surface area (Å²) in [5, 5.41) is 15.6. The highest BCUT2D eigenvalue weighted by molar-refractivity contribution is 5.93. The largest absolute Gasteiger partial charge is 0.387 e. The highest BCUT2D eigenvalue weighted by Crippen LogP contribution is 2.20. The molecule has 0 radical (unpaired) electrons. The highest BCUT2D eigenvalue weighted by Gasteiger charge is 2.09. The Balaban J connectivity index is 1.72. The third-order valence-electron chi connectivity index (χ3n) is 3.68. The van der Waals surface area contributed by atoms with Gasteiger partial charge in [-0.05, 0) is 34.5 Å². The molecule has 0 aliphatic rings. The molecule has 3 aromatic rings. The van der Waals surface area contributed by atoms with Crippen molar-refractivity contribution in [3.63, 3.8) is 0 Å². The van der Waals surface area contributed by atoms with Gasteiger partial charge in [-0.2, -0.15) is 0 Å². The Morgan fingerprint density at radius 1 is 1.13 bits per heavy atom. The van der Waals surface area contributed by atoms with Crippen molar-refractivity contribution in [2.45, 2.75) is 6.10 Å². The van der Waals surface area contributed by atoms with Crippen molar-refractivity contribution in [2.75, 3.05) is 11.9 Å². The van der Waals surface area contributed by atoms with E-state index in [-0.39, 0.29) is 6.54 Å². The molecule has 0 unspecified atom stereocenters. The number of nitrogens with zero attached hydrogens (tertiary/aromatic N) is 1. The van der Waals surface area contributed by atoms with Gasteiger partial charge in [-0.3, -0.25) is 4.79 Å². The van der Waals surface area contributed by atoms with Gasteiger partial charge in [0, 0.05) is 18.3 Å². The number of primary amides is 1. The molecule has 2 aromatic carbocycles. The zero-order valence-electron chi connectivity index (χ0n) is 12.4. The third-order valence-corrected chi connectivity index (χ3v) is 3.68. The maximum atomic E-state index is 11.2. The summed E-state index contributed by atoms with van der Waals surface area (Å²) < 4.78 is 0. The molecule has 0 bridgehead atoms. The van der Waals surface area contributed by atoms with Crippen LogP contribution in [0.25, 0.3) is 10.8 Å². The number of carbonyl (C=O) groups is 1. The highest BCUT2D eigenvalue weighted by atomic mass is 16.3. The fraction of sp³-hybridized carbons (Fsp3) is 0.111. The van der Waals surface area contributed by atoms with Gasteiger partial charge in [0.1, 0.15) is 5.82 Å². The maximum absolute atomic E-state index is 11.2. The third kappa shape index (κ3) is 3.46.